The van der Waals surface area contributed by atoms with E-state index in [4.69, 9.17) is 0 Å². The Kier molecular flexibility index (Phi) is 5.94. The summed E-state index contributed by atoms with van der Waals surface area (Å²) in [5, 5.41) is 3.03. The van der Waals surface area contributed by atoms with Crippen LogP contribution >= 0.6 is 0 Å². The van der Waals surface area contributed by atoms with E-state index in [9.17, 15) is 22.8 Å². The average Bonchev–Trinajstić information content (AvgIpc) is 2.14. The third-order valence-electron chi connectivity index (χ3n) is 1.31. The van der Waals surface area contributed by atoms with E-state index in [2.05, 4.69) is 9.84 Å². The molecule has 96 valence electrons. The first-order chi connectivity index (χ1) is 7.77. The maximum atomic E-state index is 12.4. The number of hydrogen-bond acceptors (Lipinski definition) is 4. The van der Waals surface area contributed by atoms with Crippen LogP contribution in [0.2, 0.25) is 0 Å². The minimum Gasteiger partial charge on any atom is -0.463 e. The monoisotopic (exact) mass is 252 g/mol. The van der Waals surface area contributed by atoms with Gasteiger partial charge < -0.3 is 4.74 Å². The van der Waals surface area contributed by atoms with Crippen LogP contribution in [-0.2, 0) is 14.3 Å². The minimum absolute atomic E-state index is 0.0384. The van der Waals surface area contributed by atoms with Gasteiger partial charge in [-0.05, 0) is 6.92 Å². The minimum atomic E-state index is -4.76. The summed E-state index contributed by atoms with van der Waals surface area (Å²) in [4.78, 5) is 21.2. The first-order valence-electron chi connectivity index (χ1n) is 4.52. The molecule has 17 heavy (non-hydrogen) atoms. The molecule has 0 heterocycles. The summed E-state index contributed by atoms with van der Waals surface area (Å²) in [6.45, 7) is 2.51. The normalized spacial score (nSPS) is 12.6. The summed E-state index contributed by atoms with van der Waals surface area (Å²) in [6, 6.07) is 0. The summed E-state index contributed by atoms with van der Waals surface area (Å²) in [5.41, 5.74) is 0.476. The zero-order valence-corrected chi connectivity index (χ0v) is 9.17. The molecule has 0 saturated carbocycles. The molecule has 0 unspecified atom stereocenters. The number of hydrazone groups is 1. The number of alkyl halides is 3. The van der Waals surface area contributed by atoms with Crippen molar-refractivity contribution in [2.45, 2.75) is 20.0 Å². The number of nitrogens with zero attached hydrogens (tertiary/aromatic N) is 1. The molecular weight excluding hydrogens is 241 g/mol. The number of allylic oxidation sites excluding steroid dienone is 1. The number of hydrogen-bond donors (Lipinski definition) is 1. The van der Waals surface area contributed by atoms with E-state index in [1.54, 1.807) is 5.43 Å². The van der Waals surface area contributed by atoms with Gasteiger partial charge in [0, 0.05) is 13.0 Å². The fraction of sp³-hybridized carbons (Fsp3) is 0.444. The van der Waals surface area contributed by atoms with E-state index in [1.807, 2.05) is 0 Å². The zero-order valence-electron chi connectivity index (χ0n) is 9.17. The highest BCUT2D eigenvalue weighted by Crippen LogP contribution is 2.24. The van der Waals surface area contributed by atoms with Gasteiger partial charge in [-0.15, -0.1) is 0 Å². The van der Waals surface area contributed by atoms with Crippen LogP contribution in [0.3, 0.4) is 0 Å². The fourth-order valence-electron chi connectivity index (χ4n) is 0.696. The molecule has 1 amide bonds. The lowest BCUT2D eigenvalue weighted by molar-refractivity contribution is -0.138. The molecule has 0 aliphatic carbocycles. The van der Waals surface area contributed by atoms with Crippen molar-refractivity contribution in [1.29, 1.82) is 0 Å². The van der Waals surface area contributed by atoms with Crippen molar-refractivity contribution < 1.29 is 27.5 Å². The molecule has 0 aromatic heterocycles. The van der Waals surface area contributed by atoms with Gasteiger partial charge in [-0.3, -0.25) is 4.79 Å². The SMILES string of the molecule is CCOC(=O)/C=C(\C=N\NC(C)=O)C(F)(F)F. The van der Waals surface area contributed by atoms with Crippen LogP contribution in [0, 0.1) is 0 Å². The Balaban J connectivity index is 4.84. The molecule has 5 nitrogen and oxygen atoms in total. The Hall–Kier alpha value is -1.86. The number of nitrogens with one attached hydrogen (secondary N) is 1. The van der Waals surface area contributed by atoms with Crippen LogP contribution < -0.4 is 5.43 Å². The molecular formula is C9H11F3N2O3. The molecule has 1 N–H and O–H groups in total. The number of rotatable bonds is 4. The third-order valence-corrected chi connectivity index (χ3v) is 1.31. The van der Waals surface area contributed by atoms with Crippen molar-refractivity contribution in [2.24, 2.45) is 5.10 Å². The van der Waals surface area contributed by atoms with Crippen molar-refractivity contribution in [1.82, 2.24) is 5.43 Å². The number of carbonyl (C=O) groups is 2. The highest BCUT2D eigenvalue weighted by atomic mass is 19.4. The van der Waals surface area contributed by atoms with Gasteiger partial charge in [0.15, 0.2) is 0 Å². The molecule has 0 spiro atoms. The largest absolute Gasteiger partial charge is 0.463 e. The number of amides is 1. The molecule has 0 bridgehead atoms. The predicted octanol–water partition coefficient (Wildman–Crippen LogP) is 1.16. The molecule has 0 radical (unpaired) electrons. The lowest BCUT2D eigenvalue weighted by atomic mass is 10.2. The van der Waals surface area contributed by atoms with Gasteiger partial charge in [0.2, 0.25) is 5.91 Å². The third kappa shape index (κ3) is 7.09. The first-order valence-corrected chi connectivity index (χ1v) is 4.52. The summed E-state index contributed by atoms with van der Waals surface area (Å²) in [7, 11) is 0. The topological polar surface area (TPSA) is 67.8 Å². The van der Waals surface area contributed by atoms with E-state index < -0.39 is 23.6 Å². The molecule has 0 atom stereocenters. The summed E-state index contributed by atoms with van der Waals surface area (Å²) >= 11 is 0. The van der Waals surface area contributed by atoms with Crippen LogP contribution in [0.25, 0.3) is 0 Å². The molecule has 8 heteroatoms. The predicted molar refractivity (Wildman–Crippen MR) is 53.1 cm³/mol. The van der Waals surface area contributed by atoms with Gasteiger partial charge >= 0.3 is 12.1 Å². The number of esters is 1. The van der Waals surface area contributed by atoms with Gasteiger partial charge in [0.25, 0.3) is 0 Å². The van der Waals surface area contributed by atoms with Crippen LogP contribution in [0.1, 0.15) is 13.8 Å². The lowest BCUT2D eigenvalue weighted by Gasteiger charge is -2.06. The second kappa shape index (κ2) is 6.66. The Morgan fingerprint density at radius 2 is 2.00 bits per heavy atom. The Morgan fingerprint density at radius 3 is 2.41 bits per heavy atom. The molecule has 0 aromatic carbocycles. The van der Waals surface area contributed by atoms with E-state index in [-0.39, 0.29) is 12.7 Å². The van der Waals surface area contributed by atoms with Crippen LogP contribution in [0.5, 0.6) is 0 Å². The molecule has 0 aliphatic rings. The molecule has 0 rings (SSSR count). The highest BCUT2D eigenvalue weighted by Gasteiger charge is 2.33. The van der Waals surface area contributed by atoms with E-state index in [0.717, 1.165) is 6.92 Å². The maximum Gasteiger partial charge on any atom is 0.418 e. The Bertz CT molecular complexity index is 348. The van der Waals surface area contributed by atoms with Gasteiger partial charge in [0.05, 0.1) is 18.4 Å². The van der Waals surface area contributed by atoms with E-state index >= 15 is 0 Å². The smallest absolute Gasteiger partial charge is 0.418 e. The van der Waals surface area contributed by atoms with Crippen molar-refractivity contribution >= 4 is 18.1 Å². The lowest BCUT2D eigenvalue weighted by Crippen LogP contribution is -2.18. The molecule has 0 saturated heterocycles. The number of ether oxygens (including phenoxy) is 1. The Morgan fingerprint density at radius 1 is 1.41 bits per heavy atom. The second-order valence-electron chi connectivity index (χ2n) is 2.78. The van der Waals surface area contributed by atoms with Crippen LogP contribution in [0.4, 0.5) is 13.2 Å². The number of carbonyl (C=O) groups excluding carboxylic acids is 2. The summed E-state index contributed by atoms with van der Waals surface area (Å²) < 4.78 is 41.4. The zero-order chi connectivity index (χ0) is 13.5. The summed E-state index contributed by atoms with van der Waals surface area (Å²) in [5.74, 6) is -1.76. The van der Waals surface area contributed by atoms with Crippen molar-refractivity contribution in [3.63, 3.8) is 0 Å². The molecule has 0 aliphatic heterocycles. The van der Waals surface area contributed by atoms with Crippen molar-refractivity contribution in [3.8, 4) is 0 Å². The van der Waals surface area contributed by atoms with Crippen LogP contribution in [-0.4, -0.2) is 30.9 Å². The van der Waals surface area contributed by atoms with Gasteiger partial charge in [-0.1, -0.05) is 0 Å². The summed E-state index contributed by atoms with van der Waals surface area (Å²) in [6.07, 6.45) is -4.16. The van der Waals surface area contributed by atoms with E-state index in [0.29, 0.717) is 6.21 Å². The fourth-order valence-corrected chi connectivity index (χ4v) is 0.696. The molecule has 0 fully saturated rings. The maximum absolute atomic E-state index is 12.4. The highest BCUT2D eigenvalue weighted by molar-refractivity contribution is 5.92. The molecule has 0 aromatic rings. The van der Waals surface area contributed by atoms with Gasteiger partial charge in [-0.25, -0.2) is 10.2 Å². The van der Waals surface area contributed by atoms with Crippen LogP contribution in [0.15, 0.2) is 16.8 Å². The van der Waals surface area contributed by atoms with Gasteiger partial charge in [-0.2, -0.15) is 18.3 Å². The number of halogens is 3. The second-order valence-corrected chi connectivity index (χ2v) is 2.78. The first kappa shape index (κ1) is 15.1. The Labute approximate surface area is 95.3 Å². The van der Waals surface area contributed by atoms with E-state index in [1.165, 1.54) is 6.92 Å². The van der Waals surface area contributed by atoms with Crippen molar-refractivity contribution in [3.05, 3.63) is 11.6 Å². The van der Waals surface area contributed by atoms with Gasteiger partial charge in [0.1, 0.15) is 0 Å². The quantitative estimate of drug-likeness (QED) is 0.353. The van der Waals surface area contributed by atoms with Crippen molar-refractivity contribution in [2.75, 3.05) is 6.61 Å². The average molecular weight is 252 g/mol. The standard InChI is InChI=1S/C9H11F3N2O3/c1-3-17-8(16)4-7(9(10,11)12)5-13-14-6(2)15/h4-5H,3H2,1-2H3,(H,14,15)/b7-4+,13-5+.